The molecule has 28 heavy (non-hydrogen) atoms. The number of thioether (sulfide) groups is 1. The highest BCUT2D eigenvalue weighted by atomic mass is 79.9. The summed E-state index contributed by atoms with van der Waals surface area (Å²) in [4.78, 5) is 15.1. The SMILES string of the molecule is CCCOc1ccc(/C=C2/SC(=S)N(c3cccc(Br)c3)C2=O)cc1OCC. The van der Waals surface area contributed by atoms with Crippen molar-refractivity contribution in [3.63, 3.8) is 0 Å². The summed E-state index contributed by atoms with van der Waals surface area (Å²) in [5, 5.41) is 0. The number of halogens is 1. The normalized spacial score (nSPS) is 15.4. The van der Waals surface area contributed by atoms with Crippen molar-refractivity contribution in [2.24, 2.45) is 0 Å². The molecule has 1 aliphatic rings. The van der Waals surface area contributed by atoms with Gasteiger partial charge in [-0.05, 0) is 55.3 Å². The molecule has 0 atom stereocenters. The molecule has 0 aromatic heterocycles. The quantitative estimate of drug-likeness (QED) is 0.358. The molecule has 4 nitrogen and oxygen atoms in total. The van der Waals surface area contributed by atoms with Gasteiger partial charge in [-0.1, -0.05) is 59.0 Å². The Hall–Kier alpha value is -1.83. The summed E-state index contributed by atoms with van der Waals surface area (Å²) in [6.45, 7) is 5.16. The van der Waals surface area contributed by atoms with Crippen molar-refractivity contribution >= 4 is 61.9 Å². The third-order valence-electron chi connectivity index (χ3n) is 3.89. The minimum atomic E-state index is -0.127. The maximum atomic E-state index is 12.9. The molecule has 146 valence electrons. The molecule has 1 aliphatic heterocycles. The number of nitrogens with zero attached hydrogens (tertiary/aromatic N) is 1. The number of hydrogen-bond acceptors (Lipinski definition) is 5. The molecule has 1 amide bonds. The molecule has 0 radical (unpaired) electrons. The van der Waals surface area contributed by atoms with E-state index in [4.69, 9.17) is 21.7 Å². The monoisotopic (exact) mass is 477 g/mol. The Balaban J connectivity index is 1.88. The number of thiocarbonyl (C=S) groups is 1. The number of carbonyl (C=O) groups excluding carboxylic acids is 1. The maximum absolute atomic E-state index is 12.9. The van der Waals surface area contributed by atoms with E-state index < -0.39 is 0 Å². The van der Waals surface area contributed by atoms with Crippen molar-refractivity contribution < 1.29 is 14.3 Å². The number of hydrogen-bond donors (Lipinski definition) is 0. The van der Waals surface area contributed by atoms with E-state index in [1.54, 1.807) is 4.90 Å². The van der Waals surface area contributed by atoms with Gasteiger partial charge in [0, 0.05) is 4.47 Å². The van der Waals surface area contributed by atoms with E-state index >= 15 is 0 Å². The van der Waals surface area contributed by atoms with Gasteiger partial charge in [0.2, 0.25) is 0 Å². The zero-order valence-electron chi connectivity index (χ0n) is 15.6. The average Bonchev–Trinajstić information content (AvgIpc) is 2.94. The molecule has 0 N–H and O–H groups in total. The van der Waals surface area contributed by atoms with Crippen LogP contribution in [0.15, 0.2) is 51.8 Å². The van der Waals surface area contributed by atoms with Crippen LogP contribution in [0.25, 0.3) is 6.08 Å². The predicted molar refractivity (Wildman–Crippen MR) is 123 cm³/mol. The van der Waals surface area contributed by atoms with Crippen molar-refractivity contribution in [1.29, 1.82) is 0 Å². The first-order chi connectivity index (χ1) is 13.5. The molecule has 1 heterocycles. The summed E-state index contributed by atoms with van der Waals surface area (Å²) in [5.74, 6) is 1.26. The van der Waals surface area contributed by atoms with Crippen LogP contribution >= 0.6 is 39.9 Å². The van der Waals surface area contributed by atoms with Crippen molar-refractivity contribution in [3.8, 4) is 11.5 Å². The van der Waals surface area contributed by atoms with Gasteiger partial charge in [-0.2, -0.15) is 0 Å². The van der Waals surface area contributed by atoms with Gasteiger partial charge in [-0.3, -0.25) is 9.69 Å². The smallest absolute Gasteiger partial charge is 0.270 e. The zero-order valence-corrected chi connectivity index (χ0v) is 18.8. The van der Waals surface area contributed by atoms with Crippen molar-refractivity contribution in [2.45, 2.75) is 20.3 Å². The van der Waals surface area contributed by atoms with Gasteiger partial charge in [0.05, 0.1) is 23.8 Å². The lowest BCUT2D eigenvalue weighted by atomic mass is 10.1. The van der Waals surface area contributed by atoms with Gasteiger partial charge < -0.3 is 9.47 Å². The van der Waals surface area contributed by atoms with Gasteiger partial charge >= 0.3 is 0 Å². The molecule has 0 saturated carbocycles. The summed E-state index contributed by atoms with van der Waals surface area (Å²) in [5.41, 5.74) is 1.61. The second kappa shape index (κ2) is 9.58. The maximum Gasteiger partial charge on any atom is 0.270 e. The molecule has 0 unspecified atom stereocenters. The summed E-state index contributed by atoms with van der Waals surface area (Å²) in [6, 6.07) is 13.2. The molecular weight excluding hydrogens is 458 g/mol. The Labute approximate surface area is 183 Å². The summed E-state index contributed by atoms with van der Waals surface area (Å²) in [6.07, 6.45) is 2.76. The van der Waals surface area contributed by atoms with Gasteiger partial charge in [-0.15, -0.1) is 0 Å². The molecule has 1 saturated heterocycles. The first-order valence-corrected chi connectivity index (χ1v) is 11.0. The van der Waals surface area contributed by atoms with Crippen LogP contribution in [0.4, 0.5) is 5.69 Å². The molecule has 2 aromatic rings. The Morgan fingerprint density at radius 2 is 1.96 bits per heavy atom. The summed E-state index contributed by atoms with van der Waals surface area (Å²) in [7, 11) is 0. The number of rotatable bonds is 7. The minimum Gasteiger partial charge on any atom is -0.490 e. The van der Waals surface area contributed by atoms with Gasteiger partial charge in [-0.25, -0.2) is 0 Å². The van der Waals surface area contributed by atoms with Crippen LogP contribution in [0.5, 0.6) is 11.5 Å². The number of amides is 1. The summed E-state index contributed by atoms with van der Waals surface area (Å²) >= 11 is 10.2. The molecule has 0 aliphatic carbocycles. The molecule has 1 fully saturated rings. The van der Waals surface area contributed by atoms with Crippen LogP contribution in [0.3, 0.4) is 0 Å². The number of anilines is 1. The van der Waals surface area contributed by atoms with E-state index in [9.17, 15) is 4.79 Å². The van der Waals surface area contributed by atoms with Gasteiger partial charge in [0.1, 0.15) is 0 Å². The highest BCUT2D eigenvalue weighted by Gasteiger charge is 2.33. The van der Waals surface area contributed by atoms with Gasteiger partial charge in [0.15, 0.2) is 15.8 Å². The van der Waals surface area contributed by atoms with E-state index in [2.05, 4.69) is 22.9 Å². The molecule has 2 aromatic carbocycles. The van der Waals surface area contributed by atoms with Crippen LogP contribution in [0.2, 0.25) is 0 Å². The van der Waals surface area contributed by atoms with E-state index in [1.807, 2.05) is 55.5 Å². The topological polar surface area (TPSA) is 38.8 Å². The number of carbonyl (C=O) groups is 1. The van der Waals surface area contributed by atoms with Crippen LogP contribution in [-0.2, 0) is 4.79 Å². The average molecular weight is 478 g/mol. The fourth-order valence-electron chi connectivity index (χ4n) is 2.67. The van der Waals surface area contributed by atoms with E-state index in [0.29, 0.717) is 33.9 Å². The lowest BCUT2D eigenvalue weighted by Gasteiger charge is -2.14. The van der Waals surface area contributed by atoms with E-state index in [1.165, 1.54) is 11.8 Å². The third-order valence-corrected chi connectivity index (χ3v) is 5.68. The molecule has 7 heteroatoms. The predicted octanol–water partition coefficient (Wildman–Crippen LogP) is 6.04. The Morgan fingerprint density at radius 1 is 1.14 bits per heavy atom. The van der Waals surface area contributed by atoms with Crippen LogP contribution in [-0.4, -0.2) is 23.4 Å². The lowest BCUT2D eigenvalue weighted by molar-refractivity contribution is -0.113. The first kappa shape index (κ1) is 20.9. The molecule has 3 rings (SSSR count). The summed E-state index contributed by atoms with van der Waals surface area (Å²) < 4.78 is 12.9. The molecule has 0 bridgehead atoms. The number of benzene rings is 2. The second-order valence-electron chi connectivity index (χ2n) is 5.98. The Morgan fingerprint density at radius 3 is 2.68 bits per heavy atom. The van der Waals surface area contributed by atoms with Crippen molar-refractivity contribution in [2.75, 3.05) is 18.1 Å². The largest absolute Gasteiger partial charge is 0.490 e. The third kappa shape index (κ3) is 4.77. The van der Waals surface area contributed by atoms with Crippen molar-refractivity contribution in [3.05, 3.63) is 57.4 Å². The molecular formula is C21H20BrNO3S2. The van der Waals surface area contributed by atoms with Crippen LogP contribution < -0.4 is 14.4 Å². The molecule has 0 spiro atoms. The standard InChI is InChI=1S/C21H20BrNO3S2/c1-3-10-26-17-9-8-14(11-18(17)25-4-2)12-19-20(24)23(21(27)28-19)16-7-5-6-15(22)13-16/h5-9,11-13H,3-4,10H2,1-2H3/b19-12+. The fraction of sp³-hybridized carbons (Fsp3) is 0.238. The zero-order chi connectivity index (χ0) is 20.1. The minimum absolute atomic E-state index is 0.127. The highest BCUT2D eigenvalue weighted by molar-refractivity contribution is 9.10. The van der Waals surface area contributed by atoms with E-state index in [-0.39, 0.29) is 5.91 Å². The Kier molecular flexibility index (Phi) is 7.15. The van der Waals surface area contributed by atoms with E-state index in [0.717, 1.165) is 22.1 Å². The fourth-order valence-corrected chi connectivity index (χ4v) is 4.36. The van der Waals surface area contributed by atoms with Crippen LogP contribution in [0.1, 0.15) is 25.8 Å². The van der Waals surface area contributed by atoms with Crippen LogP contribution in [0, 0.1) is 0 Å². The lowest BCUT2D eigenvalue weighted by Crippen LogP contribution is -2.27. The highest BCUT2D eigenvalue weighted by Crippen LogP contribution is 2.37. The number of ether oxygens (including phenoxy) is 2. The Bertz CT molecular complexity index is 930. The second-order valence-corrected chi connectivity index (χ2v) is 8.58. The van der Waals surface area contributed by atoms with Crippen molar-refractivity contribution in [1.82, 2.24) is 0 Å². The van der Waals surface area contributed by atoms with Gasteiger partial charge in [0.25, 0.3) is 5.91 Å². The first-order valence-electron chi connectivity index (χ1n) is 8.96.